The third-order valence-corrected chi connectivity index (χ3v) is 0.546. The lowest BCUT2D eigenvalue weighted by Crippen LogP contribution is -1.74. The second kappa shape index (κ2) is 3.44. The Morgan fingerprint density at radius 1 is 1.67 bits per heavy atom. The van der Waals surface area contributed by atoms with E-state index in [0.717, 1.165) is 0 Å². The standard InChI is InChI=1S/C3H3Cl2O/c4-3(5)1-2-6/h2H,1H2. The molecule has 0 aliphatic heterocycles. The van der Waals surface area contributed by atoms with Gasteiger partial charge in [0.2, 0.25) is 0 Å². The van der Waals surface area contributed by atoms with Gasteiger partial charge in [0, 0.05) is 6.42 Å². The maximum atomic E-state index is 9.43. The van der Waals surface area contributed by atoms with Crippen LogP contribution in [-0.4, -0.2) is 6.29 Å². The molecule has 0 aromatic heterocycles. The predicted octanol–water partition coefficient (Wildman–Crippen LogP) is 1.54. The fourth-order valence-electron chi connectivity index (χ4n) is 0.0630. The molecule has 0 bridgehead atoms. The van der Waals surface area contributed by atoms with Crippen LogP contribution in [0.25, 0.3) is 0 Å². The van der Waals surface area contributed by atoms with E-state index in [4.69, 9.17) is 23.2 Å². The molecular formula is C3H3Cl2O. The first-order valence-electron chi connectivity index (χ1n) is 1.38. The van der Waals surface area contributed by atoms with E-state index >= 15 is 0 Å². The van der Waals surface area contributed by atoms with Gasteiger partial charge in [-0.2, -0.15) is 0 Å². The molecule has 1 nitrogen and oxygen atoms in total. The Morgan fingerprint density at radius 3 is 2.17 bits per heavy atom. The number of hydrogen-bond acceptors (Lipinski definition) is 1. The van der Waals surface area contributed by atoms with Crippen molar-refractivity contribution in [2.45, 2.75) is 6.42 Å². The van der Waals surface area contributed by atoms with Gasteiger partial charge in [0.15, 0.2) is 4.84 Å². The van der Waals surface area contributed by atoms with Crippen molar-refractivity contribution in [3.8, 4) is 0 Å². The number of carbonyl (C=O) groups is 1. The van der Waals surface area contributed by atoms with Crippen LogP contribution >= 0.6 is 23.2 Å². The maximum Gasteiger partial charge on any atom is 0.157 e. The number of rotatable bonds is 2. The quantitative estimate of drug-likeness (QED) is 0.513. The molecule has 0 aromatic carbocycles. The Kier molecular flexibility index (Phi) is 3.58. The largest absolute Gasteiger partial charge is 0.303 e. The Bertz CT molecular complexity index is 44.1. The van der Waals surface area contributed by atoms with E-state index in [0.29, 0.717) is 6.29 Å². The topological polar surface area (TPSA) is 17.1 Å². The fraction of sp³-hybridized carbons (Fsp3) is 0.333. The highest BCUT2D eigenvalue weighted by atomic mass is 35.5. The SMILES string of the molecule is O=CC[C](Cl)Cl. The molecule has 3 heteroatoms. The molecule has 0 rings (SSSR count). The molecule has 6 heavy (non-hydrogen) atoms. The molecule has 0 unspecified atom stereocenters. The summed E-state index contributed by atoms with van der Waals surface area (Å²) < 4.78 is 0. The molecule has 0 saturated carbocycles. The van der Waals surface area contributed by atoms with E-state index in [2.05, 4.69) is 0 Å². The third-order valence-electron chi connectivity index (χ3n) is 0.238. The van der Waals surface area contributed by atoms with Gasteiger partial charge < -0.3 is 4.79 Å². The number of halogens is 2. The predicted molar refractivity (Wildman–Crippen MR) is 25.6 cm³/mol. The molecule has 0 spiro atoms. The number of carbonyl (C=O) groups excluding carboxylic acids is 1. The van der Waals surface area contributed by atoms with E-state index in [1.54, 1.807) is 0 Å². The van der Waals surface area contributed by atoms with Crippen molar-refractivity contribution in [3.63, 3.8) is 0 Å². The van der Waals surface area contributed by atoms with Gasteiger partial charge >= 0.3 is 0 Å². The summed E-state index contributed by atoms with van der Waals surface area (Å²) in [7, 11) is 0. The Hall–Kier alpha value is 0.250. The molecule has 0 aliphatic carbocycles. The van der Waals surface area contributed by atoms with Crippen LogP contribution in [0.1, 0.15) is 6.42 Å². The summed E-state index contributed by atoms with van der Waals surface area (Å²) in [6.07, 6.45) is 0.790. The van der Waals surface area contributed by atoms with Gasteiger partial charge in [0.1, 0.15) is 6.29 Å². The molecule has 0 N–H and O–H groups in total. The van der Waals surface area contributed by atoms with E-state index in [9.17, 15) is 4.79 Å². The van der Waals surface area contributed by atoms with Crippen LogP contribution in [0.4, 0.5) is 0 Å². The van der Waals surface area contributed by atoms with Crippen molar-refractivity contribution < 1.29 is 4.79 Å². The van der Waals surface area contributed by atoms with E-state index in [1.165, 1.54) is 0 Å². The minimum Gasteiger partial charge on any atom is -0.303 e. The summed E-state index contributed by atoms with van der Waals surface area (Å²) in [5, 5.41) is 0. The average Bonchev–Trinajstić information content (AvgIpc) is 1.35. The van der Waals surface area contributed by atoms with Gasteiger partial charge in [0.25, 0.3) is 0 Å². The van der Waals surface area contributed by atoms with Crippen molar-refractivity contribution in [2.24, 2.45) is 0 Å². The molecule has 35 valence electrons. The first-order chi connectivity index (χ1) is 2.77. The molecule has 0 heterocycles. The zero-order chi connectivity index (χ0) is 4.99. The first kappa shape index (κ1) is 6.25. The van der Waals surface area contributed by atoms with Crippen LogP contribution in [0.3, 0.4) is 0 Å². The minimum absolute atomic E-state index is 0.116. The molecular weight excluding hydrogens is 123 g/mol. The molecule has 0 atom stereocenters. The second-order valence-electron chi connectivity index (χ2n) is 0.709. The molecule has 0 amide bonds. The summed E-state index contributed by atoms with van der Waals surface area (Å²) in [6, 6.07) is 0. The lowest BCUT2D eigenvalue weighted by atomic mass is 10.6. The Labute approximate surface area is 46.2 Å². The van der Waals surface area contributed by atoms with Crippen LogP contribution in [0.5, 0.6) is 0 Å². The molecule has 0 aliphatic rings. The number of aldehydes is 1. The zero-order valence-electron chi connectivity index (χ0n) is 2.95. The fourth-order valence-corrected chi connectivity index (χ4v) is 0.189. The Balaban J connectivity index is 2.81. The van der Waals surface area contributed by atoms with Crippen molar-refractivity contribution >= 4 is 29.5 Å². The maximum absolute atomic E-state index is 9.43. The molecule has 0 saturated heterocycles. The molecule has 1 radical (unpaired) electrons. The van der Waals surface area contributed by atoms with Crippen molar-refractivity contribution in [1.82, 2.24) is 0 Å². The summed E-state index contributed by atoms with van der Waals surface area (Å²) in [4.78, 5) is 9.54. The van der Waals surface area contributed by atoms with Crippen LogP contribution in [-0.2, 0) is 4.79 Å². The van der Waals surface area contributed by atoms with Gasteiger partial charge in [-0.1, -0.05) is 23.2 Å². The van der Waals surface area contributed by atoms with Crippen LogP contribution < -0.4 is 0 Å². The van der Waals surface area contributed by atoms with Gasteiger partial charge in [-0.05, 0) is 0 Å². The monoisotopic (exact) mass is 125 g/mol. The highest BCUT2D eigenvalue weighted by molar-refractivity contribution is 6.53. The van der Waals surface area contributed by atoms with Crippen LogP contribution in [0.15, 0.2) is 0 Å². The summed E-state index contributed by atoms with van der Waals surface area (Å²) in [5.74, 6) is 0. The average molecular weight is 126 g/mol. The summed E-state index contributed by atoms with van der Waals surface area (Å²) in [6.45, 7) is 0. The lowest BCUT2D eigenvalue weighted by molar-refractivity contribution is -0.107. The second-order valence-corrected chi connectivity index (χ2v) is 1.82. The molecule has 0 aromatic rings. The van der Waals surface area contributed by atoms with Crippen molar-refractivity contribution in [1.29, 1.82) is 0 Å². The van der Waals surface area contributed by atoms with Gasteiger partial charge in [0.05, 0.1) is 0 Å². The van der Waals surface area contributed by atoms with Gasteiger partial charge in [-0.3, -0.25) is 0 Å². The summed E-state index contributed by atoms with van der Waals surface area (Å²) in [5.41, 5.74) is 0. The third kappa shape index (κ3) is 4.25. The van der Waals surface area contributed by atoms with E-state index in [1.807, 2.05) is 0 Å². The normalized spacial score (nSPS) is 9.17. The number of hydrogen-bond donors (Lipinski definition) is 0. The van der Waals surface area contributed by atoms with Crippen molar-refractivity contribution in [3.05, 3.63) is 4.84 Å². The van der Waals surface area contributed by atoms with Gasteiger partial charge in [-0.15, -0.1) is 0 Å². The lowest BCUT2D eigenvalue weighted by Gasteiger charge is -1.82. The first-order valence-corrected chi connectivity index (χ1v) is 2.13. The van der Waals surface area contributed by atoms with Crippen LogP contribution in [0, 0.1) is 4.84 Å². The minimum atomic E-state index is 0.116. The smallest absolute Gasteiger partial charge is 0.157 e. The Morgan fingerprint density at radius 2 is 2.17 bits per heavy atom. The highest BCUT2D eigenvalue weighted by Gasteiger charge is 1.94. The van der Waals surface area contributed by atoms with E-state index < -0.39 is 0 Å². The zero-order valence-corrected chi connectivity index (χ0v) is 4.46. The van der Waals surface area contributed by atoms with Crippen molar-refractivity contribution in [2.75, 3.05) is 0 Å². The highest BCUT2D eigenvalue weighted by Crippen LogP contribution is 2.13. The molecule has 0 fully saturated rings. The summed E-state index contributed by atoms with van der Waals surface area (Å²) >= 11 is 10.1. The van der Waals surface area contributed by atoms with E-state index in [-0.39, 0.29) is 11.3 Å². The van der Waals surface area contributed by atoms with Crippen LogP contribution in [0.2, 0.25) is 0 Å². The van der Waals surface area contributed by atoms with Gasteiger partial charge in [-0.25, -0.2) is 0 Å².